The van der Waals surface area contributed by atoms with Gasteiger partial charge in [0.25, 0.3) is 0 Å². The molecule has 0 aromatic carbocycles. The number of amides is 1. The lowest BCUT2D eigenvalue weighted by molar-refractivity contribution is -0.116. The van der Waals surface area contributed by atoms with Gasteiger partial charge < -0.3 is 5.32 Å². The van der Waals surface area contributed by atoms with Crippen LogP contribution < -0.4 is 5.32 Å². The van der Waals surface area contributed by atoms with Crippen LogP contribution in [0.3, 0.4) is 0 Å². The van der Waals surface area contributed by atoms with E-state index in [9.17, 15) is 4.79 Å². The number of aromatic nitrogens is 1. The van der Waals surface area contributed by atoms with Gasteiger partial charge >= 0.3 is 0 Å². The third kappa shape index (κ3) is 1.64. The molecule has 1 amide bonds. The van der Waals surface area contributed by atoms with Crippen LogP contribution in [0.25, 0.3) is 0 Å². The third-order valence-electron chi connectivity index (χ3n) is 1.20. The standard InChI is InChI=1S/C6H5N3OS2/c10-4-3-12-6(8-4)9-5-7-1-2-11-5/h1-2H,3H2,(H,7,8,9,10). The summed E-state index contributed by atoms with van der Waals surface area (Å²) in [6, 6.07) is 0. The molecule has 0 radical (unpaired) electrons. The minimum atomic E-state index is 0.00954. The second kappa shape index (κ2) is 3.24. The average molecular weight is 199 g/mol. The fraction of sp³-hybridized carbons (Fsp3) is 0.167. The topological polar surface area (TPSA) is 54.4 Å². The number of rotatable bonds is 1. The van der Waals surface area contributed by atoms with Crippen LogP contribution in [-0.2, 0) is 4.79 Å². The second-order valence-corrected chi connectivity index (χ2v) is 3.91. The number of amidine groups is 1. The number of nitrogens with one attached hydrogen (secondary N) is 1. The molecular weight excluding hydrogens is 194 g/mol. The molecule has 1 aliphatic rings. The van der Waals surface area contributed by atoms with Gasteiger partial charge in [-0.2, -0.15) is 4.99 Å². The maximum Gasteiger partial charge on any atom is 0.236 e. The van der Waals surface area contributed by atoms with E-state index in [1.54, 1.807) is 6.20 Å². The summed E-state index contributed by atoms with van der Waals surface area (Å²) >= 11 is 2.85. The Morgan fingerprint density at radius 2 is 2.58 bits per heavy atom. The van der Waals surface area contributed by atoms with Gasteiger partial charge in [-0.25, -0.2) is 4.98 Å². The van der Waals surface area contributed by atoms with E-state index in [4.69, 9.17) is 0 Å². The van der Waals surface area contributed by atoms with E-state index in [2.05, 4.69) is 15.3 Å². The number of aliphatic imine (C=N–C) groups is 1. The molecule has 1 N–H and O–H groups in total. The summed E-state index contributed by atoms with van der Waals surface area (Å²) in [7, 11) is 0. The molecule has 0 saturated carbocycles. The summed E-state index contributed by atoms with van der Waals surface area (Å²) in [4.78, 5) is 18.8. The average Bonchev–Trinajstić information content (AvgIpc) is 2.63. The highest BCUT2D eigenvalue weighted by molar-refractivity contribution is 8.15. The lowest BCUT2D eigenvalue weighted by Gasteiger charge is -1.90. The van der Waals surface area contributed by atoms with Crippen LogP contribution in [0.2, 0.25) is 0 Å². The van der Waals surface area contributed by atoms with Gasteiger partial charge in [0.2, 0.25) is 11.0 Å². The Balaban J connectivity index is 2.15. The number of hydrogen-bond donors (Lipinski definition) is 1. The molecule has 1 saturated heterocycles. The molecule has 1 aromatic heterocycles. The first-order chi connectivity index (χ1) is 5.84. The van der Waals surface area contributed by atoms with Gasteiger partial charge in [0.1, 0.15) is 0 Å². The number of thioether (sulfide) groups is 1. The van der Waals surface area contributed by atoms with Crippen molar-refractivity contribution in [2.24, 2.45) is 4.99 Å². The van der Waals surface area contributed by atoms with Crippen molar-refractivity contribution in [3.8, 4) is 0 Å². The summed E-state index contributed by atoms with van der Waals surface area (Å²) in [6.07, 6.45) is 1.69. The van der Waals surface area contributed by atoms with Crippen LogP contribution >= 0.6 is 23.1 Å². The predicted octanol–water partition coefficient (Wildman–Crippen LogP) is 0.994. The zero-order valence-electron chi connectivity index (χ0n) is 5.98. The summed E-state index contributed by atoms with van der Waals surface area (Å²) in [5.74, 6) is 0.472. The van der Waals surface area contributed by atoms with Gasteiger partial charge in [-0.05, 0) is 0 Å². The highest BCUT2D eigenvalue weighted by atomic mass is 32.2. The lowest BCUT2D eigenvalue weighted by Crippen LogP contribution is -2.19. The summed E-state index contributed by atoms with van der Waals surface area (Å²) in [5, 5.41) is 5.81. The van der Waals surface area contributed by atoms with Crippen LogP contribution in [0.15, 0.2) is 16.6 Å². The quantitative estimate of drug-likeness (QED) is 0.734. The molecule has 1 aliphatic heterocycles. The maximum atomic E-state index is 10.8. The van der Waals surface area contributed by atoms with Crippen molar-refractivity contribution in [2.75, 3.05) is 5.75 Å². The van der Waals surface area contributed by atoms with Crippen LogP contribution in [-0.4, -0.2) is 21.8 Å². The maximum absolute atomic E-state index is 10.8. The van der Waals surface area contributed by atoms with E-state index < -0.39 is 0 Å². The molecule has 2 heterocycles. The zero-order valence-corrected chi connectivity index (χ0v) is 7.61. The van der Waals surface area contributed by atoms with E-state index in [1.807, 2.05) is 5.38 Å². The van der Waals surface area contributed by atoms with Crippen molar-refractivity contribution < 1.29 is 4.79 Å². The normalized spacial score (nSPS) is 20.0. The largest absolute Gasteiger partial charge is 0.304 e. The van der Waals surface area contributed by atoms with Crippen molar-refractivity contribution in [1.29, 1.82) is 0 Å². The smallest absolute Gasteiger partial charge is 0.236 e. The molecule has 2 rings (SSSR count). The van der Waals surface area contributed by atoms with E-state index in [1.165, 1.54) is 23.1 Å². The van der Waals surface area contributed by atoms with E-state index in [-0.39, 0.29) is 5.91 Å². The molecule has 0 aliphatic carbocycles. The minimum Gasteiger partial charge on any atom is -0.304 e. The van der Waals surface area contributed by atoms with Gasteiger partial charge in [0.05, 0.1) is 5.75 Å². The Bertz CT molecular complexity index is 320. The van der Waals surface area contributed by atoms with Crippen molar-refractivity contribution in [3.05, 3.63) is 11.6 Å². The Kier molecular flexibility index (Phi) is 2.09. The number of thiazole rings is 1. The van der Waals surface area contributed by atoms with Crippen LogP contribution in [0.4, 0.5) is 5.13 Å². The Labute approximate surface area is 77.1 Å². The number of carbonyl (C=O) groups is 1. The molecule has 4 nitrogen and oxygen atoms in total. The van der Waals surface area contributed by atoms with Crippen LogP contribution in [0.5, 0.6) is 0 Å². The highest BCUT2D eigenvalue weighted by Gasteiger charge is 2.16. The molecule has 6 heteroatoms. The van der Waals surface area contributed by atoms with Gasteiger partial charge in [-0.1, -0.05) is 11.8 Å². The van der Waals surface area contributed by atoms with Gasteiger partial charge in [0.15, 0.2) is 5.17 Å². The van der Waals surface area contributed by atoms with Crippen molar-refractivity contribution in [3.63, 3.8) is 0 Å². The molecular formula is C6H5N3OS2. The Morgan fingerprint density at radius 1 is 1.67 bits per heavy atom. The molecule has 0 bridgehead atoms. The summed E-state index contributed by atoms with van der Waals surface area (Å²) < 4.78 is 0. The molecule has 1 fully saturated rings. The van der Waals surface area contributed by atoms with E-state index >= 15 is 0 Å². The Hall–Kier alpha value is -0.880. The third-order valence-corrected chi connectivity index (χ3v) is 2.74. The minimum absolute atomic E-state index is 0.00954. The Morgan fingerprint density at radius 3 is 3.17 bits per heavy atom. The first-order valence-electron chi connectivity index (χ1n) is 3.25. The number of nitrogens with zero attached hydrogens (tertiary/aromatic N) is 2. The SMILES string of the molecule is O=C1CS/C(=N\c2nccs2)N1. The monoisotopic (exact) mass is 199 g/mol. The highest BCUT2D eigenvalue weighted by Crippen LogP contribution is 2.18. The fourth-order valence-electron chi connectivity index (χ4n) is 0.744. The molecule has 0 spiro atoms. The predicted molar refractivity (Wildman–Crippen MR) is 49.8 cm³/mol. The van der Waals surface area contributed by atoms with Crippen LogP contribution in [0, 0.1) is 0 Å². The van der Waals surface area contributed by atoms with E-state index in [0.717, 1.165) is 0 Å². The molecule has 0 atom stereocenters. The van der Waals surface area contributed by atoms with Gasteiger partial charge in [-0.15, -0.1) is 11.3 Å². The van der Waals surface area contributed by atoms with Crippen molar-refractivity contribution in [2.45, 2.75) is 0 Å². The zero-order chi connectivity index (χ0) is 8.39. The number of hydrogen-bond acceptors (Lipinski definition) is 5. The van der Waals surface area contributed by atoms with Gasteiger partial charge in [0, 0.05) is 11.6 Å². The van der Waals surface area contributed by atoms with Crippen LogP contribution in [0.1, 0.15) is 0 Å². The molecule has 1 aromatic rings. The van der Waals surface area contributed by atoms with Gasteiger partial charge in [-0.3, -0.25) is 4.79 Å². The first kappa shape index (κ1) is 7.75. The summed E-state index contributed by atoms with van der Waals surface area (Å²) in [5.41, 5.74) is 0. The van der Waals surface area contributed by atoms with Crippen molar-refractivity contribution in [1.82, 2.24) is 10.3 Å². The fourth-order valence-corrected chi connectivity index (χ4v) is 1.99. The van der Waals surface area contributed by atoms with Crippen molar-refractivity contribution >= 4 is 39.3 Å². The molecule has 12 heavy (non-hydrogen) atoms. The molecule has 0 unspecified atom stereocenters. The lowest BCUT2D eigenvalue weighted by atomic mass is 10.7. The first-order valence-corrected chi connectivity index (χ1v) is 5.12. The summed E-state index contributed by atoms with van der Waals surface area (Å²) in [6.45, 7) is 0. The molecule has 62 valence electrons. The number of carbonyl (C=O) groups excluding carboxylic acids is 1. The van der Waals surface area contributed by atoms with E-state index in [0.29, 0.717) is 16.1 Å². The second-order valence-electron chi connectivity index (χ2n) is 2.07.